The van der Waals surface area contributed by atoms with E-state index in [0.717, 1.165) is 22.3 Å². The summed E-state index contributed by atoms with van der Waals surface area (Å²) in [6.07, 6.45) is 0. The maximum Gasteiger partial charge on any atom is 0.137 e. The van der Waals surface area contributed by atoms with Crippen molar-refractivity contribution in [3.63, 3.8) is 0 Å². The van der Waals surface area contributed by atoms with Gasteiger partial charge in [-0.2, -0.15) is 0 Å². The molecule has 2 heteroatoms. The van der Waals surface area contributed by atoms with Crippen LogP contribution in [0.4, 0.5) is 0 Å². The lowest BCUT2D eigenvalue weighted by Gasteiger charge is -2.11. The predicted octanol–water partition coefficient (Wildman–Crippen LogP) is 3.40. The molecule has 0 bridgehead atoms. The van der Waals surface area contributed by atoms with Crippen LogP contribution < -0.4 is 5.73 Å². The molecule has 1 aromatic carbocycles. The zero-order chi connectivity index (χ0) is 11.0. The van der Waals surface area contributed by atoms with Crippen molar-refractivity contribution < 1.29 is 4.42 Å². The Bertz CT molecular complexity index is 470. The molecule has 2 nitrogen and oxygen atoms in total. The smallest absolute Gasteiger partial charge is 0.137 e. The highest BCUT2D eigenvalue weighted by Gasteiger charge is 2.15. The predicted molar refractivity (Wildman–Crippen MR) is 62.7 cm³/mol. The number of nitrogens with two attached hydrogens (primary N) is 1. The van der Waals surface area contributed by atoms with Crippen molar-refractivity contribution in [1.29, 1.82) is 0 Å². The third-order valence-electron chi connectivity index (χ3n) is 2.81. The van der Waals surface area contributed by atoms with E-state index in [1.165, 1.54) is 0 Å². The average Bonchev–Trinajstić information content (AvgIpc) is 2.61. The van der Waals surface area contributed by atoms with Crippen molar-refractivity contribution in [2.75, 3.05) is 0 Å². The van der Waals surface area contributed by atoms with E-state index in [9.17, 15) is 0 Å². The van der Waals surface area contributed by atoms with Crippen LogP contribution in [0.1, 0.15) is 31.2 Å². The van der Waals surface area contributed by atoms with Gasteiger partial charge in [-0.25, -0.2) is 0 Å². The molecule has 1 atom stereocenters. The number of furan rings is 1. The number of para-hydroxylation sites is 1. The first kappa shape index (κ1) is 10.2. The van der Waals surface area contributed by atoms with Crippen LogP contribution in [-0.4, -0.2) is 0 Å². The van der Waals surface area contributed by atoms with E-state index in [4.69, 9.17) is 10.2 Å². The maximum absolute atomic E-state index is 6.06. The van der Waals surface area contributed by atoms with E-state index in [2.05, 4.69) is 32.9 Å². The molecule has 80 valence electrons. The van der Waals surface area contributed by atoms with Crippen molar-refractivity contribution >= 4 is 11.0 Å². The van der Waals surface area contributed by atoms with Crippen molar-refractivity contribution in [3.05, 3.63) is 35.6 Å². The van der Waals surface area contributed by atoms with E-state index in [-0.39, 0.29) is 6.04 Å². The molecular formula is C13H17NO. The van der Waals surface area contributed by atoms with Crippen LogP contribution in [0.25, 0.3) is 11.0 Å². The summed E-state index contributed by atoms with van der Waals surface area (Å²) >= 11 is 0. The van der Waals surface area contributed by atoms with Crippen molar-refractivity contribution in [3.8, 4) is 0 Å². The molecule has 0 unspecified atom stereocenters. The minimum absolute atomic E-state index is 0.0169. The largest absolute Gasteiger partial charge is 0.459 e. The Morgan fingerprint density at radius 2 is 2.00 bits per heavy atom. The summed E-state index contributed by atoms with van der Waals surface area (Å²) in [5.74, 6) is 1.28. The molecule has 0 amide bonds. The lowest BCUT2D eigenvalue weighted by atomic mass is 10.0. The second-order valence-corrected chi connectivity index (χ2v) is 4.41. The molecule has 1 aromatic heterocycles. The van der Waals surface area contributed by atoms with Crippen molar-refractivity contribution in [2.24, 2.45) is 11.7 Å². The summed E-state index contributed by atoms with van der Waals surface area (Å²) in [6, 6.07) is 8.18. The van der Waals surface area contributed by atoms with Crippen molar-refractivity contribution in [2.45, 2.75) is 26.8 Å². The van der Waals surface area contributed by atoms with Gasteiger partial charge in [0.2, 0.25) is 0 Å². The Kier molecular flexibility index (Phi) is 2.53. The quantitative estimate of drug-likeness (QED) is 0.812. The molecule has 0 saturated heterocycles. The normalized spacial score (nSPS) is 13.7. The van der Waals surface area contributed by atoms with Gasteiger partial charge in [-0.15, -0.1) is 0 Å². The van der Waals surface area contributed by atoms with Gasteiger partial charge in [-0.3, -0.25) is 0 Å². The Balaban J connectivity index is 2.52. The third kappa shape index (κ3) is 1.77. The third-order valence-corrected chi connectivity index (χ3v) is 2.81. The van der Waals surface area contributed by atoms with Crippen LogP contribution in [0.3, 0.4) is 0 Å². The first-order chi connectivity index (χ1) is 7.09. The Hall–Kier alpha value is -1.28. The summed E-state index contributed by atoms with van der Waals surface area (Å²) in [4.78, 5) is 0. The van der Waals surface area contributed by atoms with Gasteiger partial charge in [-0.05, 0) is 24.5 Å². The van der Waals surface area contributed by atoms with Crippen LogP contribution in [-0.2, 0) is 0 Å². The monoisotopic (exact) mass is 203 g/mol. The first-order valence-corrected chi connectivity index (χ1v) is 5.34. The Morgan fingerprint density at radius 1 is 1.27 bits per heavy atom. The molecule has 0 fully saturated rings. The van der Waals surface area contributed by atoms with Crippen LogP contribution in [0.5, 0.6) is 0 Å². The highest BCUT2D eigenvalue weighted by Crippen LogP contribution is 2.28. The molecule has 15 heavy (non-hydrogen) atoms. The van der Waals surface area contributed by atoms with Gasteiger partial charge < -0.3 is 10.2 Å². The van der Waals surface area contributed by atoms with Crippen LogP contribution >= 0.6 is 0 Å². The Morgan fingerprint density at radius 3 is 2.60 bits per heavy atom. The van der Waals surface area contributed by atoms with Gasteiger partial charge >= 0.3 is 0 Å². The van der Waals surface area contributed by atoms with Gasteiger partial charge in [-0.1, -0.05) is 32.0 Å². The first-order valence-electron chi connectivity index (χ1n) is 5.34. The van der Waals surface area contributed by atoms with E-state index in [1.807, 2.05) is 12.1 Å². The zero-order valence-electron chi connectivity index (χ0n) is 9.45. The minimum atomic E-state index is -0.0169. The maximum atomic E-state index is 6.06. The summed E-state index contributed by atoms with van der Waals surface area (Å²) in [7, 11) is 0. The lowest BCUT2D eigenvalue weighted by Crippen LogP contribution is -2.15. The highest BCUT2D eigenvalue weighted by molar-refractivity contribution is 5.80. The average molecular weight is 203 g/mol. The molecule has 2 rings (SSSR count). The number of fused-ring (bicyclic) bond motifs is 1. The molecule has 2 N–H and O–H groups in total. The molecule has 0 spiro atoms. The highest BCUT2D eigenvalue weighted by atomic mass is 16.3. The number of rotatable bonds is 2. The van der Waals surface area contributed by atoms with Gasteiger partial charge in [0.15, 0.2) is 0 Å². The lowest BCUT2D eigenvalue weighted by molar-refractivity contribution is 0.418. The van der Waals surface area contributed by atoms with E-state index in [1.54, 1.807) is 0 Å². The molecule has 0 aliphatic rings. The van der Waals surface area contributed by atoms with E-state index >= 15 is 0 Å². The standard InChI is InChI=1S/C13H17NO/c1-8(2)12(14)11-7-10-6-4-5-9(3)13(10)15-11/h4-8,12H,14H2,1-3H3/t12-/m0/s1. The topological polar surface area (TPSA) is 39.2 Å². The molecule has 0 saturated carbocycles. The minimum Gasteiger partial charge on any atom is -0.459 e. The second-order valence-electron chi connectivity index (χ2n) is 4.41. The Labute approximate surface area is 90.1 Å². The summed E-state index contributed by atoms with van der Waals surface area (Å²) in [6.45, 7) is 6.26. The van der Waals surface area contributed by atoms with Gasteiger partial charge in [0.1, 0.15) is 11.3 Å². The van der Waals surface area contributed by atoms with Crippen LogP contribution in [0.2, 0.25) is 0 Å². The molecule has 0 radical (unpaired) electrons. The fourth-order valence-electron chi connectivity index (χ4n) is 1.72. The molecule has 0 aliphatic carbocycles. The summed E-state index contributed by atoms with van der Waals surface area (Å²) < 4.78 is 5.80. The molecule has 1 heterocycles. The SMILES string of the molecule is Cc1cccc2cc([C@@H](N)C(C)C)oc12. The second kappa shape index (κ2) is 3.70. The number of hydrogen-bond donors (Lipinski definition) is 1. The fourth-order valence-corrected chi connectivity index (χ4v) is 1.72. The van der Waals surface area contributed by atoms with Gasteiger partial charge in [0.05, 0.1) is 6.04 Å². The number of aryl methyl sites for hydroxylation is 1. The molecule has 0 aliphatic heterocycles. The summed E-state index contributed by atoms with van der Waals surface area (Å²) in [5.41, 5.74) is 8.18. The number of benzene rings is 1. The summed E-state index contributed by atoms with van der Waals surface area (Å²) in [5, 5.41) is 1.14. The fraction of sp³-hybridized carbons (Fsp3) is 0.385. The molecular weight excluding hydrogens is 186 g/mol. The molecule has 2 aromatic rings. The zero-order valence-corrected chi connectivity index (χ0v) is 9.45. The number of hydrogen-bond acceptors (Lipinski definition) is 2. The van der Waals surface area contributed by atoms with Crippen molar-refractivity contribution in [1.82, 2.24) is 0 Å². The van der Waals surface area contributed by atoms with Crippen LogP contribution in [0.15, 0.2) is 28.7 Å². The van der Waals surface area contributed by atoms with Gasteiger partial charge in [0.25, 0.3) is 0 Å². The van der Waals surface area contributed by atoms with Gasteiger partial charge in [0, 0.05) is 5.39 Å². The van der Waals surface area contributed by atoms with E-state index < -0.39 is 0 Å². The van der Waals surface area contributed by atoms with Crippen LogP contribution in [0, 0.1) is 12.8 Å². The van der Waals surface area contributed by atoms with E-state index in [0.29, 0.717) is 5.92 Å².